The van der Waals surface area contributed by atoms with E-state index in [1.807, 2.05) is 51.1 Å². The molecule has 1 aromatic heterocycles. The summed E-state index contributed by atoms with van der Waals surface area (Å²) in [4.78, 5) is 20.7. The summed E-state index contributed by atoms with van der Waals surface area (Å²) in [5.74, 6) is 2.02. The molecule has 0 radical (unpaired) electrons. The van der Waals surface area contributed by atoms with Crippen LogP contribution in [0.15, 0.2) is 39.7 Å². The maximum atomic E-state index is 11.9. The van der Waals surface area contributed by atoms with Gasteiger partial charge < -0.3 is 20.4 Å². The van der Waals surface area contributed by atoms with Gasteiger partial charge in [-0.2, -0.15) is 0 Å². The molecule has 3 N–H and O–H groups in total. The third kappa shape index (κ3) is 8.42. The second-order valence-corrected chi connectivity index (χ2v) is 5.88. The fourth-order valence-corrected chi connectivity index (χ4v) is 2.27. The van der Waals surface area contributed by atoms with Gasteiger partial charge in [-0.25, -0.2) is 9.98 Å². The second kappa shape index (κ2) is 12.3. The van der Waals surface area contributed by atoms with Gasteiger partial charge in [-0.15, -0.1) is 24.0 Å². The van der Waals surface area contributed by atoms with E-state index in [2.05, 4.69) is 25.9 Å². The summed E-state index contributed by atoms with van der Waals surface area (Å²) >= 11 is 0. The summed E-state index contributed by atoms with van der Waals surface area (Å²) < 4.78 is 5.52. The first kappa shape index (κ1) is 22.9. The fourth-order valence-electron chi connectivity index (χ4n) is 2.27. The number of carbonyl (C=O) groups excluding carboxylic acids is 1. The largest absolute Gasteiger partial charge is 0.444 e. The average molecular weight is 485 g/mol. The Morgan fingerprint density at radius 2 is 1.89 bits per heavy atom. The summed E-state index contributed by atoms with van der Waals surface area (Å²) in [6, 6.07) is 9.84. The van der Waals surface area contributed by atoms with Gasteiger partial charge in [0.1, 0.15) is 12.3 Å². The molecule has 2 aromatic rings. The predicted octanol–water partition coefficient (Wildman–Crippen LogP) is 2.67. The normalized spacial score (nSPS) is 10.9. The molecule has 2 rings (SSSR count). The molecule has 0 atom stereocenters. The third-order valence-corrected chi connectivity index (χ3v) is 3.77. The van der Waals surface area contributed by atoms with Crippen molar-refractivity contribution in [2.75, 3.05) is 13.1 Å². The van der Waals surface area contributed by atoms with E-state index in [0.29, 0.717) is 37.9 Å². The van der Waals surface area contributed by atoms with E-state index < -0.39 is 0 Å². The highest BCUT2D eigenvalue weighted by Gasteiger charge is 2.06. The van der Waals surface area contributed by atoms with Gasteiger partial charge in [0.15, 0.2) is 5.96 Å². The maximum absolute atomic E-state index is 11.9. The number of oxazole rings is 1. The molecule has 0 saturated heterocycles. The molecule has 0 unspecified atom stereocenters. The molecule has 0 aliphatic rings. The number of nitrogens with zero attached hydrogens (tertiary/aromatic N) is 2. The Labute approximate surface area is 177 Å². The standard InChI is InChI=1S/C19H27N5O2.HI/c1-4-20-19(23-13-18-24-14(2)15(3)26-18)21-11-10-17(25)22-12-16-8-6-5-7-9-16;/h5-9H,4,10-13H2,1-3H3,(H,22,25)(H2,20,21,23);1H. The number of nitrogens with one attached hydrogen (secondary N) is 3. The van der Waals surface area contributed by atoms with Gasteiger partial charge in [0.05, 0.1) is 5.69 Å². The molecule has 0 spiro atoms. The van der Waals surface area contributed by atoms with Crippen molar-refractivity contribution >= 4 is 35.8 Å². The first-order chi connectivity index (χ1) is 12.6. The number of aryl methyl sites for hydroxylation is 2. The van der Waals surface area contributed by atoms with Crippen molar-refractivity contribution in [2.45, 2.75) is 40.3 Å². The van der Waals surface area contributed by atoms with Crippen molar-refractivity contribution < 1.29 is 9.21 Å². The highest BCUT2D eigenvalue weighted by Crippen LogP contribution is 2.08. The van der Waals surface area contributed by atoms with Crippen LogP contribution in [-0.2, 0) is 17.9 Å². The summed E-state index contributed by atoms with van der Waals surface area (Å²) in [6.07, 6.45) is 0.370. The van der Waals surface area contributed by atoms with E-state index in [9.17, 15) is 4.79 Å². The lowest BCUT2D eigenvalue weighted by Crippen LogP contribution is -2.39. The Kier molecular flexibility index (Phi) is 10.5. The minimum Gasteiger partial charge on any atom is -0.444 e. The second-order valence-electron chi connectivity index (χ2n) is 5.88. The van der Waals surface area contributed by atoms with Gasteiger partial charge in [-0.1, -0.05) is 30.3 Å². The molecule has 0 aliphatic heterocycles. The lowest BCUT2D eigenvalue weighted by Gasteiger charge is -2.11. The summed E-state index contributed by atoms with van der Waals surface area (Å²) in [5.41, 5.74) is 1.96. The van der Waals surface area contributed by atoms with Crippen LogP contribution < -0.4 is 16.0 Å². The summed E-state index contributed by atoms with van der Waals surface area (Å²) in [5, 5.41) is 9.20. The van der Waals surface area contributed by atoms with E-state index in [4.69, 9.17) is 4.42 Å². The Balaban J connectivity index is 0.00000364. The molecular weight excluding hydrogens is 457 g/mol. The summed E-state index contributed by atoms with van der Waals surface area (Å²) in [6.45, 7) is 7.90. The number of halogens is 1. The van der Waals surface area contributed by atoms with Gasteiger partial charge >= 0.3 is 0 Å². The SMILES string of the molecule is CCNC(=NCc1nc(C)c(C)o1)NCCC(=O)NCc1ccccc1.I. The lowest BCUT2D eigenvalue weighted by atomic mass is 10.2. The van der Waals surface area contributed by atoms with Crippen LogP contribution in [0.5, 0.6) is 0 Å². The van der Waals surface area contributed by atoms with E-state index in [-0.39, 0.29) is 29.9 Å². The Morgan fingerprint density at radius 1 is 1.15 bits per heavy atom. The fraction of sp³-hybridized carbons (Fsp3) is 0.421. The lowest BCUT2D eigenvalue weighted by molar-refractivity contribution is -0.121. The molecule has 8 heteroatoms. The van der Waals surface area contributed by atoms with Gasteiger partial charge in [0, 0.05) is 26.1 Å². The first-order valence-electron chi connectivity index (χ1n) is 8.84. The van der Waals surface area contributed by atoms with Gasteiger partial charge in [0.25, 0.3) is 0 Å². The molecule has 0 fully saturated rings. The number of hydrogen-bond donors (Lipinski definition) is 3. The van der Waals surface area contributed by atoms with Crippen LogP contribution in [0.25, 0.3) is 0 Å². The van der Waals surface area contributed by atoms with Gasteiger partial charge in [-0.05, 0) is 26.3 Å². The van der Waals surface area contributed by atoms with Crippen molar-refractivity contribution in [3.05, 3.63) is 53.2 Å². The van der Waals surface area contributed by atoms with Crippen LogP contribution in [0.4, 0.5) is 0 Å². The van der Waals surface area contributed by atoms with Crippen molar-refractivity contribution in [1.29, 1.82) is 0 Å². The molecule has 0 bridgehead atoms. The highest BCUT2D eigenvalue weighted by molar-refractivity contribution is 14.0. The monoisotopic (exact) mass is 485 g/mol. The number of hydrogen-bond acceptors (Lipinski definition) is 4. The maximum Gasteiger partial charge on any atom is 0.222 e. The average Bonchev–Trinajstić information content (AvgIpc) is 2.96. The number of guanidine groups is 1. The van der Waals surface area contributed by atoms with E-state index >= 15 is 0 Å². The number of rotatable bonds is 8. The summed E-state index contributed by atoms with van der Waals surface area (Å²) in [7, 11) is 0. The molecule has 148 valence electrons. The zero-order valence-corrected chi connectivity index (χ0v) is 18.4. The number of carbonyl (C=O) groups is 1. The molecule has 1 aromatic carbocycles. The zero-order valence-electron chi connectivity index (χ0n) is 16.0. The molecule has 1 heterocycles. The Bertz CT molecular complexity index is 711. The third-order valence-electron chi connectivity index (χ3n) is 3.77. The molecule has 0 aliphatic carbocycles. The molecule has 7 nitrogen and oxygen atoms in total. The number of aliphatic imine (C=N–C) groups is 1. The Hall–Kier alpha value is -2.10. The van der Waals surface area contributed by atoms with E-state index in [1.54, 1.807) is 0 Å². The smallest absolute Gasteiger partial charge is 0.222 e. The van der Waals surface area contributed by atoms with Gasteiger partial charge in [-0.3, -0.25) is 4.79 Å². The van der Waals surface area contributed by atoms with Crippen LogP contribution in [-0.4, -0.2) is 29.9 Å². The zero-order chi connectivity index (χ0) is 18.8. The van der Waals surface area contributed by atoms with Crippen molar-refractivity contribution in [2.24, 2.45) is 4.99 Å². The van der Waals surface area contributed by atoms with E-state index in [1.165, 1.54) is 0 Å². The van der Waals surface area contributed by atoms with E-state index in [0.717, 1.165) is 23.6 Å². The van der Waals surface area contributed by atoms with Crippen LogP contribution in [0, 0.1) is 13.8 Å². The molecule has 1 amide bonds. The molecule has 0 saturated carbocycles. The van der Waals surface area contributed by atoms with Crippen LogP contribution in [0.3, 0.4) is 0 Å². The predicted molar refractivity (Wildman–Crippen MR) is 117 cm³/mol. The highest BCUT2D eigenvalue weighted by atomic mass is 127. The van der Waals surface area contributed by atoms with Crippen LogP contribution in [0.1, 0.15) is 36.3 Å². The molecule has 27 heavy (non-hydrogen) atoms. The van der Waals surface area contributed by atoms with Crippen molar-refractivity contribution in [3.8, 4) is 0 Å². The Morgan fingerprint density at radius 3 is 2.52 bits per heavy atom. The van der Waals surface area contributed by atoms with Crippen molar-refractivity contribution in [1.82, 2.24) is 20.9 Å². The topological polar surface area (TPSA) is 91.6 Å². The minimum absolute atomic E-state index is 0. The van der Waals surface area contributed by atoms with Crippen LogP contribution in [0.2, 0.25) is 0 Å². The quantitative estimate of drug-likeness (QED) is 0.304. The number of benzene rings is 1. The first-order valence-corrected chi connectivity index (χ1v) is 8.84. The van der Waals surface area contributed by atoms with Gasteiger partial charge in [0.2, 0.25) is 11.8 Å². The van der Waals surface area contributed by atoms with Crippen LogP contribution >= 0.6 is 24.0 Å². The van der Waals surface area contributed by atoms with Crippen molar-refractivity contribution in [3.63, 3.8) is 0 Å². The minimum atomic E-state index is -0.00356. The number of aromatic nitrogens is 1. The molecular formula is C19H28IN5O2. The number of amides is 1.